The number of hydrogen-bond donors (Lipinski definition) is 0. The average molecular weight is 311 g/mol. The molecule has 1 aromatic heterocycles. The average Bonchev–Trinajstić information content (AvgIpc) is 2.58. The van der Waals surface area contributed by atoms with Crippen LogP contribution in [0.25, 0.3) is 0 Å². The third kappa shape index (κ3) is 3.86. The van der Waals surface area contributed by atoms with E-state index in [2.05, 4.69) is 57.1 Å². The van der Waals surface area contributed by atoms with Gasteiger partial charge in [0, 0.05) is 64.3 Å². The van der Waals surface area contributed by atoms with E-state index < -0.39 is 0 Å². The van der Waals surface area contributed by atoms with Crippen molar-refractivity contribution in [3.05, 3.63) is 53.9 Å². The van der Waals surface area contributed by atoms with E-state index in [4.69, 9.17) is 0 Å². The lowest BCUT2D eigenvalue weighted by Crippen LogP contribution is -2.46. The van der Waals surface area contributed by atoms with Gasteiger partial charge in [-0.05, 0) is 12.6 Å². The molecule has 0 bridgehead atoms. The number of likely N-dealkylation sites (N-methyl/N-ethyl adjacent to an activating group) is 1. The number of anilines is 1. The molecule has 2 aromatic rings. The van der Waals surface area contributed by atoms with Crippen molar-refractivity contribution in [2.75, 3.05) is 45.7 Å². The molecule has 0 aliphatic carbocycles. The minimum Gasteiger partial charge on any atom is -0.347 e. The minimum absolute atomic E-state index is 0.451. The normalized spacial score (nSPS) is 19.7. The third-order valence-electron chi connectivity index (χ3n) is 4.41. The van der Waals surface area contributed by atoms with Crippen LogP contribution >= 0.6 is 0 Å². The Morgan fingerprint density at radius 2 is 1.78 bits per heavy atom. The van der Waals surface area contributed by atoms with Crippen LogP contribution in [-0.4, -0.2) is 60.5 Å². The van der Waals surface area contributed by atoms with Gasteiger partial charge < -0.3 is 4.90 Å². The van der Waals surface area contributed by atoms with E-state index in [1.807, 2.05) is 31.4 Å². The zero-order valence-corrected chi connectivity index (χ0v) is 14.2. The first-order chi connectivity index (χ1) is 11.1. The van der Waals surface area contributed by atoms with Gasteiger partial charge in [0.05, 0.1) is 0 Å². The van der Waals surface area contributed by atoms with Crippen LogP contribution in [0.4, 0.5) is 5.95 Å². The second-order valence-corrected chi connectivity index (χ2v) is 6.43. The molecule has 1 saturated heterocycles. The number of piperazine rings is 1. The van der Waals surface area contributed by atoms with Gasteiger partial charge in [0.2, 0.25) is 5.95 Å². The molecule has 0 unspecified atom stereocenters. The highest BCUT2D eigenvalue weighted by atomic mass is 15.3. The van der Waals surface area contributed by atoms with Crippen LogP contribution < -0.4 is 4.90 Å². The van der Waals surface area contributed by atoms with Crippen LogP contribution in [-0.2, 0) is 6.54 Å². The van der Waals surface area contributed by atoms with Gasteiger partial charge in [-0.2, -0.15) is 0 Å². The Bertz CT molecular complexity index is 611. The van der Waals surface area contributed by atoms with E-state index >= 15 is 0 Å². The smallest absolute Gasteiger partial charge is 0.224 e. The van der Waals surface area contributed by atoms with E-state index in [-0.39, 0.29) is 0 Å². The third-order valence-corrected chi connectivity index (χ3v) is 4.41. The molecule has 1 aromatic carbocycles. The Balaban J connectivity index is 1.67. The quantitative estimate of drug-likeness (QED) is 0.863. The van der Waals surface area contributed by atoms with Crippen molar-refractivity contribution in [1.82, 2.24) is 19.8 Å². The Labute approximate surface area is 138 Å². The van der Waals surface area contributed by atoms with Crippen molar-refractivity contribution in [2.45, 2.75) is 12.6 Å². The Morgan fingerprint density at radius 3 is 2.43 bits per heavy atom. The predicted octanol–water partition coefficient (Wildman–Crippen LogP) is 2.03. The molecule has 122 valence electrons. The maximum atomic E-state index is 4.41. The molecule has 0 saturated carbocycles. The van der Waals surface area contributed by atoms with Crippen LogP contribution in [0.2, 0.25) is 0 Å². The first-order valence-electron chi connectivity index (χ1n) is 8.09. The van der Waals surface area contributed by atoms with Crippen molar-refractivity contribution in [2.24, 2.45) is 0 Å². The van der Waals surface area contributed by atoms with E-state index in [1.54, 1.807) is 0 Å². The lowest BCUT2D eigenvalue weighted by atomic mass is 10.0. The highest BCUT2D eigenvalue weighted by molar-refractivity contribution is 5.26. The van der Waals surface area contributed by atoms with Crippen molar-refractivity contribution >= 4 is 5.95 Å². The molecule has 2 heterocycles. The van der Waals surface area contributed by atoms with E-state index in [9.17, 15) is 0 Å². The van der Waals surface area contributed by atoms with E-state index in [0.29, 0.717) is 6.04 Å². The number of benzene rings is 1. The monoisotopic (exact) mass is 311 g/mol. The molecule has 0 spiro atoms. The molecule has 1 fully saturated rings. The number of rotatable bonds is 4. The maximum absolute atomic E-state index is 4.41. The Morgan fingerprint density at radius 1 is 1.09 bits per heavy atom. The number of hydrogen-bond acceptors (Lipinski definition) is 5. The molecule has 0 amide bonds. The fourth-order valence-electron chi connectivity index (χ4n) is 3.03. The topological polar surface area (TPSA) is 35.5 Å². The maximum Gasteiger partial charge on any atom is 0.224 e. The largest absolute Gasteiger partial charge is 0.347 e. The predicted molar refractivity (Wildman–Crippen MR) is 93.4 cm³/mol. The number of aromatic nitrogens is 2. The molecule has 1 aliphatic heterocycles. The summed E-state index contributed by atoms with van der Waals surface area (Å²) in [6.45, 7) is 4.10. The standard InChI is InChI=1S/C18H25N5/c1-21(2)18-19-11-15(12-20-18)13-23-10-9-22(3)17(14-23)16-7-5-4-6-8-16/h4-8,11-12,17H,9-10,13-14H2,1-3H3/t17-/m1/s1. The lowest BCUT2D eigenvalue weighted by Gasteiger charge is -2.39. The molecule has 1 atom stereocenters. The van der Waals surface area contributed by atoms with Crippen molar-refractivity contribution < 1.29 is 0 Å². The fraction of sp³-hybridized carbons (Fsp3) is 0.444. The summed E-state index contributed by atoms with van der Waals surface area (Å²) in [6.07, 6.45) is 3.89. The molecule has 5 heteroatoms. The molecule has 3 rings (SSSR count). The summed E-state index contributed by atoms with van der Waals surface area (Å²) in [5.41, 5.74) is 2.56. The summed E-state index contributed by atoms with van der Waals surface area (Å²) >= 11 is 0. The van der Waals surface area contributed by atoms with E-state index in [1.165, 1.54) is 11.1 Å². The first kappa shape index (κ1) is 15.9. The Hall–Kier alpha value is -1.98. The van der Waals surface area contributed by atoms with Gasteiger partial charge in [-0.1, -0.05) is 30.3 Å². The van der Waals surface area contributed by atoms with Crippen LogP contribution in [0.1, 0.15) is 17.2 Å². The summed E-state index contributed by atoms with van der Waals surface area (Å²) in [5.74, 6) is 0.759. The van der Waals surface area contributed by atoms with Gasteiger partial charge in [0.15, 0.2) is 0 Å². The zero-order chi connectivity index (χ0) is 16.2. The second-order valence-electron chi connectivity index (χ2n) is 6.43. The van der Waals surface area contributed by atoms with Gasteiger partial charge in [0.1, 0.15) is 0 Å². The summed E-state index contributed by atoms with van der Waals surface area (Å²) in [4.78, 5) is 15.7. The highest BCUT2D eigenvalue weighted by Crippen LogP contribution is 2.24. The molecule has 23 heavy (non-hydrogen) atoms. The van der Waals surface area contributed by atoms with Crippen LogP contribution in [0.3, 0.4) is 0 Å². The molecule has 0 N–H and O–H groups in total. The molecule has 1 aliphatic rings. The summed E-state index contributed by atoms with van der Waals surface area (Å²) in [5, 5.41) is 0. The van der Waals surface area contributed by atoms with Gasteiger partial charge >= 0.3 is 0 Å². The number of nitrogens with zero attached hydrogens (tertiary/aromatic N) is 5. The van der Waals surface area contributed by atoms with Crippen LogP contribution in [0.5, 0.6) is 0 Å². The van der Waals surface area contributed by atoms with Crippen LogP contribution in [0.15, 0.2) is 42.7 Å². The van der Waals surface area contributed by atoms with Crippen molar-refractivity contribution in [3.8, 4) is 0 Å². The first-order valence-corrected chi connectivity index (χ1v) is 8.09. The van der Waals surface area contributed by atoms with Crippen molar-refractivity contribution in [1.29, 1.82) is 0 Å². The molecule has 5 nitrogen and oxygen atoms in total. The summed E-state index contributed by atoms with van der Waals surface area (Å²) in [6, 6.07) is 11.2. The fourth-order valence-corrected chi connectivity index (χ4v) is 3.03. The highest BCUT2D eigenvalue weighted by Gasteiger charge is 2.25. The Kier molecular flexibility index (Phi) is 4.88. The minimum atomic E-state index is 0.451. The van der Waals surface area contributed by atoms with Gasteiger partial charge in [-0.3, -0.25) is 9.80 Å². The van der Waals surface area contributed by atoms with Gasteiger partial charge in [-0.15, -0.1) is 0 Å². The van der Waals surface area contributed by atoms with Crippen molar-refractivity contribution in [3.63, 3.8) is 0 Å². The molecule has 0 radical (unpaired) electrons. The van der Waals surface area contributed by atoms with E-state index in [0.717, 1.165) is 32.1 Å². The lowest BCUT2D eigenvalue weighted by molar-refractivity contribution is 0.0903. The van der Waals surface area contributed by atoms with Gasteiger partial charge in [-0.25, -0.2) is 9.97 Å². The SMILES string of the molecule is CN(C)c1ncc(CN2CCN(C)[C@@H](c3ccccc3)C2)cn1. The zero-order valence-electron chi connectivity index (χ0n) is 14.2. The van der Waals surface area contributed by atoms with Gasteiger partial charge in [0.25, 0.3) is 0 Å². The van der Waals surface area contributed by atoms with Crippen LogP contribution in [0, 0.1) is 0 Å². The summed E-state index contributed by atoms with van der Waals surface area (Å²) in [7, 11) is 6.13. The second kappa shape index (κ2) is 7.06. The summed E-state index contributed by atoms with van der Waals surface area (Å²) < 4.78 is 0. The molecular formula is C18H25N5. The molecular weight excluding hydrogens is 286 g/mol.